The lowest BCUT2D eigenvalue weighted by Gasteiger charge is -2.39. The summed E-state index contributed by atoms with van der Waals surface area (Å²) in [6, 6.07) is 13.0. The van der Waals surface area contributed by atoms with Gasteiger partial charge in [-0.2, -0.15) is 0 Å². The van der Waals surface area contributed by atoms with Crippen molar-refractivity contribution in [1.29, 1.82) is 0 Å². The molecule has 2 aliphatic rings. The molecule has 4 rings (SSSR count). The number of benzene rings is 1. The van der Waals surface area contributed by atoms with Crippen molar-refractivity contribution in [2.45, 2.75) is 32.2 Å². The van der Waals surface area contributed by atoms with Crippen LogP contribution in [0, 0.1) is 5.92 Å². The first-order valence-electron chi connectivity index (χ1n) is 10.4. The van der Waals surface area contributed by atoms with E-state index in [0.29, 0.717) is 12.0 Å². The van der Waals surface area contributed by atoms with Crippen molar-refractivity contribution in [1.82, 2.24) is 9.88 Å². The average molecular weight is 379 g/mol. The molecule has 1 saturated heterocycles. The number of piperidine rings is 1. The zero-order chi connectivity index (χ0) is 19.7. The number of hydrogen-bond donors (Lipinski definition) is 0. The van der Waals surface area contributed by atoms with Gasteiger partial charge in [0.1, 0.15) is 5.82 Å². The normalized spacial score (nSPS) is 21.5. The van der Waals surface area contributed by atoms with E-state index in [4.69, 9.17) is 0 Å². The molecule has 0 radical (unpaired) electrons. The van der Waals surface area contributed by atoms with E-state index in [1.165, 1.54) is 17.7 Å². The Balaban J connectivity index is 1.51. The molecular formula is C23H30N4O. The lowest BCUT2D eigenvalue weighted by molar-refractivity contribution is 0.0656. The number of nitrogens with zero attached hydrogens (tertiary/aromatic N) is 4. The van der Waals surface area contributed by atoms with Crippen LogP contribution < -0.4 is 9.80 Å². The van der Waals surface area contributed by atoms with Gasteiger partial charge in [0.25, 0.3) is 5.91 Å². The number of hydrogen-bond acceptors (Lipinski definition) is 4. The minimum absolute atomic E-state index is 0.133. The molecule has 0 bridgehead atoms. The number of likely N-dealkylation sites (N-methyl/N-ethyl adjacent to an activating group) is 1. The molecule has 2 unspecified atom stereocenters. The standard InChI is InChI=1S/C23H30N4O/c1-4-27-20-10-6-5-8-17(20)14-21(27)19-9-7-13-26(16-19)23(28)18-11-12-24-22(15-18)25(2)3/h5-6,8,10-12,15,19,21H,4,7,9,13-14,16H2,1-3H3. The molecule has 2 aliphatic heterocycles. The fourth-order valence-electron chi connectivity index (χ4n) is 4.79. The molecule has 0 spiro atoms. The Bertz CT molecular complexity index is 850. The van der Waals surface area contributed by atoms with Crippen LogP contribution in [0.15, 0.2) is 42.6 Å². The largest absolute Gasteiger partial charge is 0.368 e. The van der Waals surface area contributed by atoms with Gasteiger partial charge in [0.15, 0.2) is 0 Å². The molecular weight excluding hydrogens is 348 g/mol. The van der Waals surface area contributed by atoms with E-state index in [1.54, 1.807) is 6.20 Å². The zero-order valence-corrected chi connectivity index (χ0v) is 17.1. The highest BCUT2D eigenvalue weighted by Crippen LogP contribution is 2.37. The highest BCUT2D eigenvalue weighted by Gasteiger charge is 2.37. The van der Waals surface area contributed by atoms with Crippen LogP contribution >= 0.6 is 0 Å². The fraction of sp³-hybridized carbons (Fsp3) is 0.478. The molecule has 1 aromatic heterocycles. The Kier molecular flexibility index (Phi) is 5.25. The van der Waals surface area contributed by atoms with Crippen LogP contribution in [0.4, 0.5) is 11.5 Å². The summed E-state index contributed by atoms with van der Waals surface area (Å²) >= 11 is 0. The number of carbonyl (C=O) groups excluding carboxylic acids is 1. The Hall–Kier alpha value is -2.56. The van der Waals surface area contributed by atoms with Gasteiger partial charge in [-0.1, -0.05) is 18.2 Å². The van der Waals surface area contributed by atoms with Gasteiger partial charge in [-0.25, -0.2) is 4.98 Å². The first-order chi connectivity index (χ1) is 13.6. The Morgan fingerprint density at radius 2 is 2.07 bits per heavy atom. The molecule has 1 fully saturated rings. The van der Waals surface area contributed by atoms with Gasteiger partial charge in [0.05, 0.1) is 0 Å². The van der Waals surface area contributed by atoms with E-state index in [0.717, 1.165) is 43.9 Å². The quantitative estimate of drug-likeness (QED) is 0.817. The maximum Gasteiger partial charge on any atom is 0.254 e. The molecule has 0 N–H and O–H groups in total. The molecule has 28 heavy (non-hydrogen) atoms. The van der Waals surface area contributed by atoms with E-state index in [-0.39, 0.29) is 5.91 Å². The molecule has 5 nitrogen and oxygen atoms in total. The number of likely N-dealkylation sites (tertiary alicyclic amines) is 1. The first kappa shape index (κ1) is 18.8. The summed E-state index contributed by atoms with van der Waals surface area (Å²) < 4.78 is 0. The molecule has 3 heterocycles. The average Bonchev–Trinajstić information content (AvgIpc) is 3.12. The summed E-state index contributed by atoms with van der Waals surface area (Å²) in [6.45, 7) is 4.94. The maximum absolute atomic E-state index is 13.2. The van der Waals surface area contributed by atoms with Gasteiger partial charge in [-0.15, -0.1) is 0 Å². The second-order valence-corrected chi connectivity index (χ2v) is 8.14. The molecule has 5 heteroatoms. The smallest absolute Gasteiger partial charge is 0.254 e. The Morgan fingerprint density at radius 3 is 2.86 bits per heavy atom. The summed E-state index contributed by atoms with van der Waals surface area (Å²) in [4.78, 5) is 24.0. The second-order valence-electron chi connectivity index (χ2n) is 8.14. The number of amides is 1. The van der Waals surface area contributed by atoms with Crippen molar-refractivity contribution in [3.8, 4) is 0 Å². The maximum atomic E-state index is 13.2. The number of anilines is 2. The number of para-hydroxylation sites is 1. The first-order valence-corrected chi connectivity index (χ1v) is 10.4. The van der Waals surface area contributed by atoms with Crippen molar-refractivity contribution in [2.75, 3.05) is 43.5 Å². The van der Waals surface area contributed by atoms with Gasteiger partial charge >= 0.3 is 0 Å². The number of aromatic nitrogens is 1. The predicted molar refractivity (Wildman–Crippen MR) is 114 cm³/mol. The minimum Gasteiger partial charge on any atom is -0.368 e. The van der Waals surface area contributed by atoms with Crippen LogP contribution in [0.3, 0.4) is 0 Å². The van der Waals surface area contributed by atoms with E-state index in [9.17, 15) is 4.79 Å². The monoisotopic (exact) mass is 378 g/mol. The third-order valence-corrected chi connectivity index (χ3v) is 6.21. The molecule has 0 saturated carbocycles. The van der Waals surface area contributed by atoms with Crippen molar-refractivity contribution >= 4 is 17.4 Å². The van der Waals surface area contributed by atoms with Crippen molar-refractivity contribution < 1.29 is 4.79 Å². The number of rotatable bonds is 4. The van der Waals surface area contributed by atoms with Crippen LogP contribution in [0.25, 0.3) is 0 Å². The van der Waals surface area contributed by atoms with Crippen LogP contribution in [-0.4, -0.2) is 55.6 Å². The second kappa shape index (κ2) is 7.82. The molecule has 148 valence electrons. The lowest BCUT2D eigenvalue weighted by Crippen LogP contribution is -2.48. The third kappa shape index (κ3) is 3.46. The summed E-state index contributed by atoms with van der Waals surface area (Å²) in [5, 5.41) is 0. The SMILES string of the molecule is CCN1c2ccccc2CC1C1CCCN(C(=O)c2ccnc(N(C)C)c2)C1. The van der Waals surface area contributed by atoms with E-state index in [2.05, 4.69) is 46.0 Å². The molecule has 0 aliphatic carbocycles. The topological polar surface area (TPSA) is 39.7 Å². The molecule has 2 atom stereocenters. The van der Waals surface area contributed by atoms with Crippen molar-refractivity contribution in [3.05, 3.63) is 53.7 Å². The molecule has 1 aromatic carbocycles. The van der Waals surface area contributed by atoms with Crippen LogP contribution in [0.5, 0.6) is 0 Å². The number of carbonyl (C=O) groups is 1. The van der Waals surface area contributed by atoms with Crippen LogP contribution in [0.1, 0.15) is 35.7 Å². The van der Waals surface area contributed by atoms with Crippen molar-refractivity contribution in [3.63, 3.8) is 0 Å². The highest BCUT2D eigenvalue weighted by atomic mass is 16.2. The van der Waals surface area contributed by atoms with Crippen molar-refractivity contribution in [2.24, 2.45) is 5.92 Å². The van der Waals surface area contributed by atoms with Gasteiger partial charge in [0, 0.05) is 57.2 Å². The summed E-state index contributed by atoms with van der Waals surface area (Å²) in [7, 11) is 3.90. The summed E-state index contributed by atoms with van der Waals surface area (Å²) in [5.74, 6) is 1.47. The Morgan fingerprint density at radius 1 is 1.25 bits per heavy atom. The van der Waals surface area contributed by atoms with Gasteiger partial charge in [0.2, 0.25) is 0 Å². The molecule has 2 aromatic rings. The number of fused-ring (bicyclic) bond motifs is 1. The van der Waals surface area contributed by atoms with E-state index >= 15 is 0 Å². The summed E-state index contributed by atoms with van der Waals surface area (Å²) in [6.07, 6.45) is 5.10. The van der Waals surface area contributed by atoms with Gasteiger partial charge in [-0.3, -0.25) is 4.79 Å². The van der Waals surface area contributed by atoms with Gasteiger partial charge < -0.3 is 14.7 Å². The predicted octanol–water partition coefficient (Wildman–Crippen LogP) is 3.45. The minimum atomic E-state index is 0.133. The lowest BCUT2D eigenvalue weighted by atomic mass is 9.88. The summed E-state index contributed by atoms with van der Waals surface area (Å²) in [5.41, 5.74) is 3.56. The van der Waals surface area contributed by atoms with Crippen LogP contribution in [0.2, 0.25) is 0 Å². The van der Waals surface area contributed by atoms with E-state index in [1.807, 2.05) is 31.1 Å². The zero-order valence-electron chi connectivity index (χ0n) is 17.1. The number of pyridine rings is 1. The molecule has 1 amide bonds. The Labute approximate surface area is 168 Å². The highest BCUT2D eigenvalue weighted by molar-refractivity contribution is 5.95. The van der Waals surface area contributed by atoms with Gasteiger partial charge in [-0.05, 0) is 55.9 Å². The van der Waals surface area contributed by atoms with Crippen LogP contribution in [-0.2, 0) is 6.42 Å². The van der Waals surface area contributed by atoms with E-state index < -0.39 is 0 Å². The third-order valence-electron chi connectivity index (χ3n) is 6.21. The fourth-order valence-corrected chi connectivity index (χ4v) is 4.79.